The molecule has 2 rings (SSSR count). The Labute approximate surface area is 118 Å². The van der Waals surface area contributed by atoms with Gasteiger partial charge in [-0.25, -0.2) is 0 Å². The SMILES string of the molecule is CC(C)Oc1cc(N)cc(N2CCOCC2C(N)=O)c1. The number of benzene rings is 1. The minimum Gasteiger partial charge on any atom is -0.491 e. The van der Waals surface area contributed by atoms with Gasteiger partial charge in [-0.05, 0) is 19.9 Å². The molecule has 20 heavy (non-hydrogen) atoms. The van der Waals surface area contributed by atoms with Gasteiger partial charge in [-0.2, -0.15) is 0 Å². The predicted molar refractivity (Wildman–Crippen MR) is 77.8 cm³/mol. The maximum atomic E-state index is 11.5. The molecule has 6 heteroatoms. The van der Waals surface area contributed by atoms with Gasteiger partial charge < -0.3 is 25.8 Å². The minimum atomic E-state index is -0.475. The number of nitrogens with two attached hydrogens (primary N) is 2. The second-order valence-corrected chi connectivity index (χ2v) is 5.11. The largest absolute Gasteiger partial charge is 0.491 e. The lowest BCUT2D eigenvalue weighted by Crippen LogP contribution is -2.52. The molecular weight excluding hydrogens is 258 g/mol. The summed E-state index contributed by atoms with van der Waals surface area (Å²) in [7, 11) is 0. The van der Waals surface area contributed by atoms with Crippen LogP contribution in [0.25, 0.3) is 0 Å². The Kier molecular flexibility index (Phi) is 4.34. The molecule has 1 atom stereocenters. The molecule has 0 bridgehead atoms. The first-order chi connectivity index (χ1) is 9.47. The molecule has 0 saturated carbocycles. The lowest BCUT2D eigenvalue weighted by Gasteiger charge is -2.35. The van der Waals surface area contributed by atoms with Crippen LogP contribution in [0.4, 0.5) is 11.4 Å². The van der Waals surface area contributed by atoms with Crippen molar-refractivity contribution in [1.29, 1.82) is 0 Å². The number of amides is 1. The molecular formula is C14H21N3O3. The number of nitrogens with zero attached hydrogens (tertiary/aromatic N) is 1. The van der Waals surface area contributed by atoms with E-state index in [1.807, 2.05) is 30.9 Å². The third-order valence-corrected chi connectivity index (χ3v) is 3.07. The Morgan fingerprint density at radius 2 is 2.20 bits per heavy atom. The normalized spacial score (nSPS) is 19.1. The predicted octanol–water partition coefficient (Wildman–Crippen LogP) is 0.747. The van der Waals surface area contributed by atoms with Crippen LogP contribution in [0, 0.1) is 0 Å². The third-order valence-electron chi connectivity index (χ3n) is 3.07. The molecule has 1 aromatic carbocycles. The second kappa shape index (κ2) is 6.00. The van der Waals surface area contributed by atoms with Gasteiger partial charge in [0.15, 0.2) is 0 Å². The number of hydrogen-bond acceptors (Lipinski definition) is 5. The number of nitrogen functional groups attached to an aromatic ring is 1. The molecule has 6 nitrogen and oxygen atoms in total. The Morgan fingerprint density at radius 1 is 1.45 bits per heavy atom. The molecule has 0 aliphatic carbocycles. The average Bonchev–Trinajstić information content (AvgIpc) is 2.37. The molecule has 1 heterocycles. The fourth-order valence-corrected chi connectivity index (χ4v) is 2.26. The molecule has 110 valence electrons. The van der Waals surface area contributed by atoms with Crippen LogP contribution in [-0.2, 0) is 9.53 Å². The smallest absolute Gasteiger partial charge is 0.242 e. The van der Waals surface area contributed by atoms with Gasteiger partial charge in [-0.1, -0.05) is 0 Å². The van der Waals surface area contributed by atoms with Crippen LogP contribution in [0.5, 0.6) is 5.75 Å². The number of hydrogen-bond donors (Lipinski definition) is 2. The van der Waals surface area contributed by atoms with Crippen molar-refractivity contribution in [2.24, 2.45) is 5.73 Å². The fraction of sp³-hybridized carbons (Fsp3) is 0.500. The second-order valence-electron chi connectivity index (χ2n) is 5.11. The summed E-state index contributed by atoms with van der Waals surface area (Å²) in [6.07, 6.45) is 0.0567. The lowest BCUT2D eigenvalue weighted by molar-refractivity contribution is -0.121. The van der Waals surface area contributed by atoms with E-state index in [0.717, 1.165) is 5.69 Å². The van der Waals surface area contributed by atoms with Crippen molar-refractivity contribution in [2.45, 2.75) is 26.0 Å². The zero-order valence-electron chi connectivity index (χ0n) is 11.8. The van der Waals surface area contributed by atoms with Crippen molar-refractivity contribution < 1.29 is 14.3 Å². The summed E-state index contributed by atoms with van der Waals surface area (Å²) >= 11 is 0. The molecule has 4 N–H and O–H groups in total. The summed E-state index contributed by atoms with van der Waals surface area (Å²) in [5.74, 6) is 0.281. The van der Waals surface area contributed by atoms with Crippen molar-refractivity contribution in [2.75, 3.05) is 30.4 Å². The Morgan fingerprint density at radius 3 is 2.85 bits per heavy atom. The van der Waals surface area contributed by atoms with E-state index in [4.69, 9.17) is 20.9 Å². The summed E-state index contributed by atoms with van der Waals surface area (Å²) in [6, 6.07) is 4.98. The quantitative estimate of drug-likeness (QED) is 0.794. The third kappa shape index (κ3) is 3.33. The van der Waals surface area contributed by atoms with Crippen LogP contribution in [0.3, 0.4) is 0 Å². The topological polar surface area (TPSA) is 90.8 Å². The maximum Gasteiger partial charge on any atom is 0.242 e. The highest BCUT2D eigenvalue weighted by Crippen LogP contribution is 2.28. The van der Waals surface area contributed by atoms with Gasteiger partial charge in [0.1, 0.15) is 11.8 Å². The standard InChI is InChI=1S/C14H21N3O3/c1-9(2)20-12-6-10(15)5-11(7-12)17-3-4-19-8-13(17)14(16)18/h5-7,9,13H,3-4,8,15H2,1-2H3,(H2,16,18). The summed E-state index contributed by atoms with van der Waals surface area (Å²) < 4.78 is 11.0. The number of carbonyl (C=O) groups excluding carboxylic acids is 1. The van der Waals surface area contributed by atoms with E-state index in [1.165, 1.54) is 0 Å². The van der Waals surface area contributed by atoms with Gasteiger partial charge in [0.2, 0.25) is 5.91 Å². The van der Waals surface area contributed by atoms with E-state index in [-0.39, 0.29) is 6.10 Å². The van der Waals surface area contributed by atoms with E-state index in [2.05, 4.69) is 0 Å². The minimum absolute atomic E-state index is 0.0567. The van der Waals surface area contributed by atoms with Crippen LogP contribution >= 0.6 is 0 Å². The van der Waals surface area contributed by atoms with E-state index in [0.29, 0.717) is 31.2 Å². The first kappa shape index (κ1) is 14.5. The number of carbonyl (C=O) groups is 1. The zero-order chi connectivity index (χ0) is 14.7. The molecule has 1 saturated heterocycles. The number of primary amides is 1. The molecule has 1 unspecified atom stereocenters. The van der Waals surface area contributed by atoms with Gasteiger partial charge in [0.25, 0.3) is 0 Å². The van der Waals surface area contributed by atoms with Gasteiger partial charge in [0.05, 0.1) is 19.3 Å². The molecule has 1 fully saturated rings. The first-order valence-corrected chi connectivity index (χ1v) is 6.68. The highest BCUT2D eigenvalue weighted by Gasteiger charge is 2.28. The van der Waals surface area contributed by atoms with E-state index in [9.17, 15) is 4.79 Å². The van der Waals surface area contributed by atoms with Crippen molar-refractivity contribution in [3.05, 3.63) is 18.2 Å². The van der Waals surface area contributed by atoms with E-state index < -0.39 is 11.9 Å². The molecule has 1 aliphatic rings. The van der Waals surface area contributed by atoms with Crippen molar-refractivity contribution in [1.82, 2.24) is 0 Å². The van der Waals surface area contributed by atoms with Gasteiger partial charge in [0, 0.05) is 30.1 Å². The Hall–Kier alpha value is -1.95. The molecule has 0 radical (unpaired) electrons. The van der Waals surface area contributed by atoms with Crippen molar-refractivity contribution in [3.8, 4) is 5.75 Å². The Balaban J connectivity index is 2.30. The number of rotatable bonds is 4. The van der Waals surface area contributed by atoms with Crippen LogP contribution in [0.15, 0.2) is 18.2 Å². The summed E-state index contributed by atoms with van der Waals surface area (Å²) in [4.78, 5) is 13.4. The maximum absolute atomic E-state index is 11.5. The van der Waals surface area contributed by atoms with E-state index in [1.54, 1.807) is 6.07 Å². The number of anilines is 2. The zero-order valence-corrected chi connectivity index (χ0v) is 11.8. The van der Waals surface area contributed by atoms with E-state index >= 15 is 0 Å². The lowest BCUT2D eigenvalue weighted by atomic mass is 10.1. The van der Waals surface area contributed by atoms with Gasteiger partial charge in [-0.15, -0.1) is 0 Å². The number of ether oxygens (including phenoxy) is 2. The van der Waals surface area contributed by atoms with Crippen molar-refractivity contribution >= 4 is 17.3 Å². The van der Waals surface area contributed by atoms with Crippen molar-refractivity contribution in [3.63, 3.8) is 0 Å². The van der Waals surface area contributed by atoms with Crippen LogP contribution < -0.4 is 21.1 Å². The fourth-order valence-electron chi connectivity index (χ4n) is 2.26. The molecule has 1 amide bonds. The van der Waals surface area contributed by atoms with Crippen LogP contribution in [-0.4, -0.2) is 37.8 Å². The van der Waals surface area contributed by atoms with Crippen LogP contribution in [0.2, 0.25) is 0 Å². The summed E-state index contributed by atoms with van der Waals surface area (Å²) in [5, 5.41) is 0. The molecule has 1 aromatic rings. The van der Waals surface area contributed by atoms with Crippen LogP contribution in [0.1, 0.15) is 13.8 Å². The highest BCUT2D eigenvalue weighted by molar-refractivity contribution is 5.84. The molecule has 1 aliphatic heterocycles. The average molecular weight is 279 g/mol. The number of morpholine rings is 1. The van der Waals surface area contributed by atoms with Gasteiger partial charge >= 0.3 is 0 Å². The Bertz CT molecular complexity index is 491. The monoisotopic (exact) mass is 279 g/mol. The summed E-state index contributed by atoms with van der Waals surface area (Å²) in [5.41, 5.74) is 12.8. The molecule has 0 aromatic heterocycles. The molecule has 0 spiro atoms. The first-order valence-electron chi connectivity index (χ1n) is 6.68. The highest BCUT2D eigenvalue weighted by atomic mass is 16.5. The van der Waals surface area contributed by atoms with Gasteiger partial charge in [-0.3, -0.25) is 4.79 Å². The summed E-state index contributed by atoms with van der Waals surface area (Å²) in [6.45, 7) is 5.34.